The highest BCUT2D eigenvalue weighted by Gasteiger charge is 2.30. The van der Waals surface area contributed by atoms with Gasteiger partial charge in [-0.25, -0.2) is 4.99 Å². The van der Waals surface area contributed by atoms with Crippen LogP contribution in [0, 0.1) is 5.41 Å². The number of likely N-dealkylation sites (tertiary alicyclic amines) is 1. The van der Waals surface area contributed by atoms with Crippen molar-refractivity contribution < 1.29 is 0 Å². The van der Waals surface area contributed by atoms with Crippen LogP contribution >= 0.6 is 0 Å². The van der Waals surface area contributed by atoms with Gasteiger partial charge in [-0.2, -0.15) is 0 Å². The van der Waals surface area contributed by atoms with Gasteiger partial charge in [0, 0.05) is 26.7 Å². The lowest BCUT2D eigenvalue weighted by molar-refractivity contribution is 0.370. The minimum atomic E-state index is 0.376. The summed E-state index contributed by atoms with van der Waals surface area (Å²) in [5, 5.41) is 11.3. The van der Waals surface area contributed by atoms with Crippen molar-refractivity contribution in [2.75, 3.05) is 19.6 Å². The van der Waals surface area contributed by atoms with Crippen LogP contribution in [0.1, 0.15) is 33.0 Å². The largest absolute Gasteiger partial charge is 0.357 e. The smallest absolute Gasteiger partial charge is 0.194 e. The van der Waals surface area contributed by atoms with Crippen molar-refractivity contribution in [3.63, 3.8) is 0 Å². The van der Waals surface area contributed by atoms with Crippen LogP contribution in [-0.4, -0.2) is 45.3 Å². The first-order valence-corrected chi connectivity index (χ1v) is 6.88. The molecule has 0 saturated carbocycles. The Labute approximate surface area is 114 Å². The summed E-state index contributed by atoms with van der Waals surface area (Å²) in [6.45, 7) is 10.3. The maximum absolute atomic E-state index is 4.67. The molecule has 1 aliphatic heterocycles. The van der Waals surface area contributed by atoms with Crippen LogP contribution < -0.4 is 5.32 Å². The molecule has 1 aromatic rings. The van der Waals surface area contributed by atoms with Crippen molar-refractivity contribution in [1.29, 1.82) is 0 Å². The molecule has 2 rings (SSSR count). The predicted octanol–water partition coefficient (Wildman–Crippen LogP) is 1.01. The maximum atomic E-state index is 4.67. The highest BCUT2D eigenvalue weighted by Crippen LogP contribution is 2.28. The van der Waals surface area contributed by atoms with Crippen LogP contribution in [-0.2, 0) is 13.6 Å². The van der Waals surface area contributed by atoms with Gasteiger partial charge in [0.2, 0.25) is 0 Å². The lowest BCUT2D eigenvalue weighted by Crippen LogP contribution is -2.40. The van der Waals surface area contributed by atoms with E-state index in [9.17, 15) is 0 Å². The average molecular weight is 264 g/mol. The zero-order chi connectivity index (χ0) is 13.9. The highest BCUT2D eigenvalue weighted by atomic mass is 15.3. The van der Waals surface area contributed by atoms with Crippen molar-refractivity contribution in [3.05, 3.63) is 12.2 Å². The van der Waals surface area contributed by atoms with Crippen LogP contribution in [0.5, 0.6) is 0 Å². The molecule has 0 unspecified atom stereocenters. The lowest BCUT2D eigenvalue weighted by Gasteiger charge is -2.23. The van der Waals surface area contributed by atoms with Crippen molar-refractivity contribution >= 4 is 5.96 Å². The summed E-state index contributed by atoms with van der Waals surface area (Å²) in [7, 11) is 1.94. The molecule has 1 saturated heterocycles. The zero-order valence-corrected chi connectivity index (χ0v) is 12.3. The van der Waals surface area contributed by atoms with Crippen LogP contribution in [0.3, 0.4) is 0 Å². The fraction of sp³-hybridized carbons (Fsp3) is 0.769. The van der Waals surface area contributed by atoms with Gasteiger partial charge in [-0.3, -0.25) is 0 Å². The number of hydrogen-bond donors (Lipinski definition) is 1. The van der Waals surface area contributed by atoms with Gasteiger partial charge >= 0.3 is 0 Å². The van der Waals surface area contributed by atoms with Gasteiger partial charge in [0.1, 0.15) is 12.9 Å². The molecule has 0 bridgehead atoms. The molecule has 0 spiro atoms. The number of nitrogens with zero attached hydrogens (tertiary/aromatic N) is 5. The predicted molar refractivity (Wildman–Crippen MR) is 75.8 cm³/mol. The van der Waals surface area contributed by atoms with E-state index in [0.29, 0.717) is 12.0 Å². The summed E-state index contributed by atoms with van der Waals surface area (Å²) in [5.74, 6) is 1.87. The first-order valence-electron chi connectivity index (χ1n) is 6.88. The molecule has 0 radical (unpaired) electrons. The molecule has 6 nitrogen and oxygen atoms in total. The molecule has 0 aliphatic carbocycles. The second kappa shape index (κ2) is 5.59. The van der Waals surface area contributed by atoms with Gasteiger partial charge in [0.05, 0.1) is 0 Å². The molecule has 19 heavy (non-hydrogen) atoms. The average Bonchev–Trinajstić information content (AvgIpc) is 2.91. The molecule has 2 heterocycles. The number of aromatic nitrogens is 3. The summed E-state index contributed by atoms with van der Waals surface area (Å²) in [4.78, 5) is 7.01. The number of rotatable bonds is 3. The van der Waals surface area contributed by atoms with E-state index in [1.807, 2.05) is 11.6 Å². The Balaban J connectivity index is 2.05. The molecule has 0 atom stereocenters. The molecular formula is C13H24N6. The van der Waals surface area contributed by atoms with Crippen molar-refractivity contribution in [2.45, 2.75) is 33.7 Å². The van der Waals surface area contributed by atoms with E-state index < -0.39 is 0 Å². The Hall–Kier alpha value is -1.59. The SMILES string of the molecule is CCNC(=NCc1nncn1C)N1CCC(C)(C)C1. The summed E-state index contributed by atoms with van der Waals surface area (Å²) in [6, 6.07) is 0. The fourth-order valence-electron chi connectivity index (χ4n) is 2.31. The molecule has 1 aromatic heterocycles. The van der Waals surface area contributed by atoms with E-state index in [-0.39, 0.29) is 0 Å². The van der Waals surface area contributed by atoms with Gasteiger partial charge in [-0.1, -0.05) is 13.8 Å². The molecule has 1 N–H and O–H groups in total. The number of nitrogens with one attached hydrogen (secondary N) is 1. The van der Waals surface area contributed by atoms with E-state index in [1.54, 1.807) is 6.33 Å². The second-order valence-electron chi connectivity index (χ2n) is 5.86. The molecular weight excluding hydrogens is 240 g/mol. The Morgan fingerprint density at radius 1 is 1.53 bits per heavy atom. The van der Waals surface area contributed by atoms with Crippen LogP contribution in [0.25, 0.3) is 0 Å². The van der Waals surface area contributed by atoms with Gasteiger partial charge < -0.3 is 14.8 Å². The molecule has 0 amide bonds. The van der Waals surface area contributed by atoms with E-state index in [2.05, 4.69) is 46.2 Å². The van der Waals surface area contributed by atoms with Crippen molar-refractivity contribution in [3.8, 4) is 0 Å². The summed E-state index contributed by atoms with van der Waals surface area (Å²) >= 11 is 0. The van der Waals surface area contributed by atoms with Crippen molar-refractivity contribution in [2.24, 2.45) is 17.5 Å². The van der Waals surface area contributed by atoms with E-state index >= 15 is 0 Å². The zero-order valence-electron chi connectivity index (χ0n) is 12.3. The van der Waals surface area contributed by atoms with Gasteiger partial charge in [-0.05, 0) is 18.8 Å². The Bertz CT molecular complexity index is 448. The third-order valence-corrected chi connectivity index (χ3v) is 3.49. The first-order chi connectivity index (χ1) is 9.02. The minimum absolute atomic E-state index is 0.376. The minimum Gasteiger partial charge on any atom is -0.357 e. The second-order valence-corrected chi connectivity index (χ2v) is 5.86. The van der Waals surface area contributed by atoms with Gasteiger partial charge in [0.15, 0.2) is 11.8 Å². The lowest BCUT2D eigenvalue weighted by atomic mass is 9.93. The maximum Gasteiger partial charge on any atom is 0.194 e. The summed E-state index contributed by atoms with van der Waals surface area (Å²) in [5.41, 5.74) is 0.376. The molecule has 6 heteroatoms. The Morgan fingerprint density at radius 3 is 2.84 bits per heavy atom. The Morgan fingerprint density at radius 2 is 2.32 bits per heavy atom. The molecule has 0 aromatic carbocycles. The number of guanidine groups is 1. The van der Waals surface area contributed by atoms with Gasteiger partial charge in [0.25, 0.3) is 0 Å². The fourth-order valence-corrected chi connectivity index (χ4v) is 2.31. The standard InChI is InChI=1S/C13H24N6/c1-5-14-12(19-7-6-13(2,3)9-19)15-8-11-17-16-10-18(11)4/h10H,5-9H2,1-4H3,(H,14,15). The van der Waals surface area contributed by atoms with Crippen LogP contribution in [0.15, 0.2) is 11.3 Å². The van der Waals surface area contributed by atoms with Crippen LogP contribution in [0.2, 0.25) is 0 Å². The number of hydrogen-bond acceptors (Lipinski definition) is 3. The first kappa shape index (κ1) is 13.8. The topological polar surface area (TPSA) is 58.3 Å². The Kier molecular flexibility index (Phi) is 4.07. The van der Waals surface area contributed by atoms with Crippen LogP contribution in [0.4, 0.5) is 0 Å². The quantitative estimate of drug-likeness (QED) is 0.654. The van der Waals surface area contributed by atoms with Crippen molar-refractivity contribution in [1.82, 2.24) is 25.0 Å². The van der Waals surface area contributed by atoms with Gasteiger partial charge in [-0.15, -0.1) is 10.2 Å². The molecule has 106 valence electrons. The third kappa shape index (κ3) is 3.45. The molecule has 1 fully saturated rings. The number of aryl methyl sites for hydroxylation is 1. The number of aliphatic imine (C=N–C) groups is 1. The van der Waals surface area contributed by atoms with E-state index in [0.717, 1.165) is 31.4 Å². The summed E-state index contributed by atoms with van der Waals surface area (Å²) in [6.07, 6.45) is 2.91. The summed E-state index contributed by atoms with van der Waals surface area (Å²) < 4.78 is 1.90. The highest BCUT2D eigenvalue weighted by molar-refractivity contribution is 5.80. The van der Waals surface area contributed by atoms with E-state index in [1.165, 1.54) is 6.42 Å². The monoisotopic (exact) mass is 264 g/mol. The third-order valence-electron chi connectivity index (χ3n) is 3.49. The van der Waals surface area contributed by atoms with E-state index in [4.69, 9.17) is 0 Å². The normalized spacial score (nSPS) is 18.9. The molecule has 1 aliphatic rings.